The molecule has 1 saturated heterocycles. The van der Waals surface area contributed by atoms with Crippen LogP contribution in [0.1, 0.15) is 42.0 Å². The van der Waals surface area contributed by atoms with E-state index in [1.54, 1.807) is 5.56 Å². The van der Waals surface area contributed by atoms with Gasteiger partial charge in [0.25, 0.3) is 0 Å². The lowest BCUT2D eigenvalue weighted by molar-refractivity contribution is 0.0832. The lowest BCUT2D eigenvalue weighted by Crippen LogP contribution is -2.48. The zero-order chi connectivity index (χ0) is 13.2. The summed E-state index contributed by atoms with van der Waals surface area (Å²) >= 11 is 0. The Morgan fingerprint density at radius 2 is 1.89 bits per heavy atom. The van der Waals surface area contributed by atoms with Crippen LogP contribution in [0.15, 0.2) is 18.2 Å². The Kier molecular flexibility index (Phi) is 3.90. The zero-order valence-corrected chi connectivity index (χ0v) is 12.3. The highest BCUT2D eigenvalue weighted by Crippen LogP contribution is 2.42. The Balaban J connectivity index is 1.91. The first-order chi connectivity index (χ1) is 9.27. The maximum atomic E-state index is 3.48. The van der Waals surface area contributed by atoms with Gasteiger partial charge in [-0.05, 0) is 49.3 Å². The molecule has 2 aliphatic rings. The molecular formula is C17H26N2. The van der Waals surface area contributed by atoms with Crippen molar-refractivity contribution in [1.29, 1.82) is 0 Å². The minimum absolute atomic E-state index is 0.663. The summed E-state index contributed by atoms with van der Waals surface area (Å²) in [6, 6.07) is 7.52. The standard InChI is InChI=1S/C17H26N2/c1-13-5-3-8-16(14(13)2)17(15-6-4-7-15)19-11-9-18-10-12-19/h3,5,8,15,17-18H,4,6-7,9-12H2,1-2H3/t17-/m1/s1. The summed E-state index contributed by atoms with van der Waals surface area (Å²) in [5.74, 6) is 0.888. The number of hydrogen-bond donors (Lipinski definition) is 1. The summed E-state index contributed by atoms with van der Waals surface area (Å²) in [6.45, 7) is 9.25. The largest absolute Gasteiger partial charge is 0.314 e. The second kappa shape index (κ2) is 5.64. The molecule has 104 valence electrons. The van der Waals surface area contributed by atoms with Gasteiger partial charge in [-0.2, -0.15) is 0 Å². The molecule has 2 fully saturated rings. The van der Waals surface area contributed by atoms with Crippen LogP contribution in [-0.4, -0.2) is 31.1 Å². The first kappa shape index (κ1) is 13.1. The van der Waals surface area contributed by atoms with E-state index in [2.05, 4.69) is 42.3 Å². The van der Waals surface area contributed by atoms with Crippen LogP contribution in [0.2, 0.25) is 0 Å². The molecule has 0 aromatic heterocycles. The third-order valence-electron chi connectivity index (χ3n) is 5.11. The third kappa shape index (κ3) is 2.56. The summed E-state index contributed by atoms with van der Waals surface area (Å²) in [7, 11) is 0. The number of nitrogens with zero attached hydrogens (tertiary/aromatic N) is 1. The van der Waals surface area contributed by atoms with E-state index >= 15 is 0 Å². The van der Waals surface area contributed by atoms with Crippen LogP contribution in [0, 0.1) is 19.8 Å². The monoisotopic (exact) mass is 258 g/mol. The van der Waals surface area contributed by atoms with E-state index in [1.807, 2.05) is 0 Å². The van der Waals surface area contributed by atoms with Gasteiger partial charge in [-0.25, -0.2) is 0 Å². The van der Waals surface area contributed by atoms with E-state index in [0.29, 0.717) is 6.04 Å². The highest BCUT2D eigenvalue weighted by molar-refractivity contribution is 5.36. The molecule has 3 rings (SSSR count). The van der Waals surface area contributed by atoms with Crippen molar-refractivity contribution in [3.05, 3.63) is 34.9 Å². The highest BCUT2D eigenvalue weighted by Gasteiger charge is 2.34. The maximum absolute atomic E-state index is 3.48. The van der Waals surface area contributed by atoms with Gasteiger partial charge in [-0.1, -0.05) is 24.6 Å². The second-order valence-corrected chi connectivity index (χ2v) is 6.21. The summed E-state index contributed by atoms with van der Waals surface area (Å²) in [4.78, 5) is 2.72. The number of piperazine rings is 1. The summed E-state index contributed by atoms with van der Waals surface area (Å²) < 4.78 is 0. The predicted octanol–water partition coefficient (Wildman–Crippen LogP) is 3.05. The quantitative estimate of drug-likeness (QED) is 0.896. The van der Waals surface area contributed by atoms with Crippen molar-refractivity contribution in [2.75, 3.05) is 26.2 Å². The Labute approximate surface area is 117 Å². The molecule has 0 amide bonds. The average molecular weight is 258 g/mol. The van der Waals surface area contributed by atoms with Gasteiger partial charge in [-0.15, -0.1) is 0 Å². The summed E-state index contributed by atoms with van der Waals surface area (Å²) in [5, 5.41) is 3.48. The Morgan fingerprint density at radius 3 is 2.53 bits per heavy atom. The van der Waals surface area contributed by atoms with Gasteiger partial charge >= 0.3 is 0 Å². The molecule has 0 unspecified atom stereocenters. The lowest BCUT2D eigenvalue weighted by Gasteiger charge is -2.44. The molecule has 1 aromatic rings. The second-order valence-electron chi connectivity index (χ2n) is 6.21. The van der Waals surface area contributed by atoms with Crippen LogP contribution in [-0.2, 0) is 0 Å². The molecule has 1 heterocycles. The first-order valence-electron chi connectivity index (χ1n) is 7.78. The van der Waals surface area contributed by atoms with Gasteiger partial charge in [0.2, 0.25) is 0 Å². The summed E-state index contributed by atoms with van der Waals surface area (Å²) in [6.07, 6.45) is 4.27. The fourth-order valence-corrected chi connectivity index (χ4v) is 3.56. The minimum atomic E-state index is 0.663. The number of aryl methyl sites for hydroxylation is 1. The number of rotatable bonds is 3. The zero-order valence-electron chi connectivity index (χ0n) is 12.3. The third-order valence-corrected chi connectivity index (χ3v) is 5.11. The van der Waals surface area contributed by atoms with Crippen molar-refractivity contribution in [1.82, 2.24) is 10.2 Å². The Bertz CT molecular complexity index is 431. The molecule has 2 heteroatoms. The maximum Gasteiger partial charge on any atom is 0.0380 e. The molecule has 19 heavy (non-hydrogen) atoms. The molecule has 1 saturated carbocycles. The molecule has 2 nitrogen and oxygen atoms in total. The van der Waals surface area contributed by atoms with E-state index in [9.17, 15) is 0 Å². The number of benzene rings is 1. The van der Waals surface area contributed by atoms with Gasteiger partial charge in [0.05, 0.1) is 0 Å². The highest BCUT2D eigenvalue weighted by atomic mass is 15.2. The molecule has 1 atom stereocenters. The first-order valence-corrected chi connectivity index (χ1v) is 7.78. The van der Waals surface area contributed by atoms with Gasteiger partial charge in [0.1, 0.15) is 0 Å². The van der Waals surface area contributed by atoms with E-state index in [-0.39, 0.29) is 0 Å². The SMILES string of the molecule is Cc1cccc([C@@H](C2CCC2)N2CCNCC2)c1C. The van der Waals surface area contributed by atoms with Crippen molar-refractivity contribution < 1.29 is 0 Å². The minimum Gasteiger partial charge on any atom is -0.314 e. The van der Waals surface area contributed by atoms with Gasteiger partial charge in [0.15, 0.2) is 0 Å². The Hall–Kier alpha value is -0.860. The predicted molar refractivity (Wildman–Crippen MR) is 80.4 cm³/mol. The van der Waals surface area contributed by atoms with Gasteiger partial charge < -0.3 is 5.32 Å². The van der Waals surface area contributed by atoms with Crippen LogP contribution in [0.5, 0.6) is 0 Å². The van der Waals surface area contributed by atoms with Crippen LogP contribution in [0.3, 0.4) is 0 Å². The van der Waals surface area contributed by atoms with Crippen molar-refractivity contribution in [2.24, 2.45) is 5.92 Å². The molecule has 1 aliphatic heterocycles. The lowest BCUT2D eigenvalue weighted by atomic mass is 9.75. The molecule has 0 radical (unpaired) electrons. The topological polar surface area (TPSA) is 15.3 Å². The van der Waals surface area contributed by atoms with Crippen molar-refractivity contribution in [3.8, 4) is 0 Å². The number of hydrogen-bond acceptors (Lipinski definition) is 2. The van der Waals surface area contributed by atoms with E-state index in [0.717, 1.165) is 19.0 Å². The molecule has 0 spiro atoms. The van der Waals surface area contributed by atoms with Crippen molar-refractivity contribution in [3.63, 3.8) is 0 Å². The fourth-order valence-electron chi connectivity index (χ4n) is 3.56. The van der Waals surface area contributed by atoms with Gasteiger partial charge in [-0.3, -0.25) is 4.90 Å². The Morgan fingerprint density at radius 1 is 1.16 bits per heavy atom. The van der Waals surface area contributed by atoms with Gasteiger partial charge in [0, 0.05) is 32.2 Å². The van der Waals surface area contributed by atoms with Crippen molar-refractivity contribution in [2.45, 2.75) is 39.2 Å². The van der Waals surface area contributed by atoms with Crippen molar-refractivity contribution >= 4 is 0 Å². The number of nitrogens with one attached hydrogen (secondary N) is 1. The van der Waals surface area contributed by atoms with E-state index in [4.69, 9.17) is 0 Å². The molecule has 0 bridgehead atoms. The average Bonchev–Trinajstić information content (AvgIpc) is 2.38. The molecular weight excluding hydrogens is 232 g/mol. The smallest absolute Gasteiger partial charge is 0.0380 e. The normalized spacial score (nSPS) is 23.1. The van der Waals surface area contributed by atoms with Crippen LogP contribution in [0.4, 0.5) is 0 Å². The van der Waals surface area contributed by atoms with Crippen LogP contribution < -0.4 is 5.32 Å². The molecule has 1 aromatic carbocycles. The van der Waals surface area contributed by atoms with E-state index in [1.165, 1.54) is 43.5 Å². The summed E-state index contributed by atoms with van der Waals surface area (Å²) in [5.41, 5.74) is 4.54. The van der Waals surface area contributed by atoms with E-state index < -0.39 is 0 Å². The van der Waals surface area contributed by atoms with Crippen LogP contribution >= 0.6 is 0 Å². The molecule has 1 aliphatic carbocycles. The molecule has 1 N–H and O–H groups in total. The fraction of sp³-hybridized carbons (Fsp3) is 0.647. The van der Waals surface area contributed by atoms with Crippen LogP contribution in [0.25, 0.3) is 0 Å².